The van der Waals surface area contributed by atoms with Gasteiger partial charge in [0, 0.05) is 42.6 Å². The molecule has 0 aliphatic carbocycles. The van der Waals surface area contributed by atoms with Crippen molar-refractivity contribution >= 4 is 10.9 Å². The van der Waals surface area contributed by atoms with Crippen LogP contribution in [0.5, 0.6) is 0 Å². The molecule has 0 radical (unpaired) electrons. The normalized spacial score (nSPS) is 25.0. The van der Waals surface area contributed by atoms with E-state index in [0.29, 0.717) is 0 Å². The first-order valence-electron chi connectivity index (χ1n) is 9.46. The third-order valence-electron chi connectivity index (χ3n) is 6.06. The van der Waals surface area contributed by atoms with E-state index in [2.05, 4.69) is 34.1 Å². The van der Waals surface area contributed by atoms with Crippen molar-refractivity contribution in [3.05, 3.63) is 48.7 Å². The molecule has 1 N–H and O–H groups in total. The van der Waals surface area contributed by atoms with Gasteiger partial charge >= 0.3 is 0 Å². The fraction of sp³-hybridized carbons (Fsp3) is 0.455. The van der Waals surface area contributed by atoms with Crippen molar-refractivity contribution in [2.45, 2.75) is 33.1 Å². The second kappa shape index (κ2) is 7.20. The molecule has 2 saturated heterocycles. The predicted octanol–water partition coefficient (Wildman–Crippen LogP) is 4.54. The summed E-state index contributed by atoms with van der Waals surface area (Å²) >= 11 is 0. The van der Waals surface area contributed by atoms with Crippen LogP contribution in [0.3, 0.4) is 0 Å². The molecule has 2 fully saturated rings. The van der Waals surface area contributed by atoms with E-state index in [1.807, 2.05) is 18.6 Å². The van der Waals surface area contributed by atoms with Gasteiger partial charge in [-0.25, -0.2) is 9.97 Å². The standard InChI is InChI=1S/C21H24N4.CH4/c1-2-18-14-25(8-1)9-6-16(18)11-21-23-12-19(13-24-21)15-3-4-20-17(10-15)5-7-22-20;/h3-5,7,10,12-13,16,18,22H,1-2,6,8-9,11,14H2;1H4. The van der Waals surface area contributed by atoms with E-state index >= 15 is 0 Å². The second-order valence-electron chi connectivity index (χ2n) is 7.62. The summed E-state index contributed by atoms with van der Waals surface area (Å²) in [5.74, 6) is 2.62. The molecule has 2 bridgehead atoms. The van der Waals surface area contributed by atoms with E-state index in [1.165, 1.54) is 55.4 Å². The number of fused-ring (bicyclic) bond motifs is 3. The maximum Gasteiger partial charge on any atom is 0.128 e. The van der Waals surface area contributed by atoms with Crippen molar-refractivity contribution in [3.8, 4) is 11.1 Å². The topological polar surface area (TPSA) is 44.8 Å². The quantitative estimate of drug-likeness (QED) is 0.756. The van der Waals surface area contributed by atoms with E-state index in [9.17, 15) is 0 Å². The van der Waals surface area contributed by atoms with Crippen LogP contribution in [0.15, 0.2) is 42.9 Å². The van der Waals surface area contributed by atoms with E-state index < -0.39 is 0 Å². The minimum absolute atomic E-state index is 0. The molecule has 136 valence electrons. The molecular formula is C22H28N4. The van der Waals surface area contributed by atoms with Gasteiger partial charge in [0.15, 0.2) is 0 Å². The zero-order valence-electron chi connectivity index (χ0n) is 14.5. The first-order valence-corrected chi connectivity index (χ1v) is 9.46. The van der Waals surface area contributed by atoms with Crippen molar-refractivity contribution in [2.24, 2.45) is 11.8 Å². The number of benzene rings is 1. The predicted molar refractivity (Wildman–Crippen MR) is 107 cm³/mol. The molecule has 26 heavy (non-hydrogen) atoms. The zero-order valence-corrected chi connectivity index (χ0v) is 14.5. The van der Waals surface area contributed by atoms with Gasteiger partial charge in [-0.1, -0.05) is 13.5 Å². The second-order valence-corrected chi connectivity index (χ2v) is 7.62. The van der Waals surface area contributed by atoms with E-state index in [4.69, 9.17) is 9.97 Å². The molecule has 4 heterocycles. The average Bonchev–Trinajstić information content (AvgIpc) is 3.13. The van der Waals surface area contributed by atoms with Crippen LogP contribution in [0.4, 0.5) is 0 Å². The molecule has 2 aromatic heterocycles. The number of nitrogens with one attached hydrogen (secondary N) is 1. The van der Waals surface area contributed by atoms with Crippen molar-refractivity contribution in [3.63, 3.8) is 0 Å². The van der Waals surface area contributed by atoms with E-state index in [0.717, 1.165) is 29.6 Å². The van der Waals surface area contributed by atoms with Crippen molar-refractivity contribution in [2.75, 3.05) is 19.6 Å². The smallest absolute Gasteiger partial charge is 0.128 e. The van der Waals surface area contributed by atoms with Gasteiger partial charge in [-0.05, 0) is 73.3 Å². The Hall–Kier alpha value is -2.20. The number of piperidine rings is 2. The van der Waals surface area contributed by atoms with Crippen LogP contribution in [-0.4, -0.2) is 39.5 Å². The highest BCUT2D eigenvalue weighted by molar-refractivity contribution is 5.84. The van der Waals surface area contributed by atoms with Gasteiger partial charge in [0.2, 0.25) is 0 Å². The van der Waals surface area contributed by atoms with Crippen LogP contribution < -0.4 is 0 Å². The van der Waals surface area contributed by atoms with E-state index in [1.54, 1.807) is 0 Å². The Labute approximate surface area is 155 Å². The highest BCUT2D eigenvalue weighted by Crippen LogP contribution is 2.33. The Morgan fingerprint density at radius 1 is 1.04 bits per heavy atom. The summed E-state index contributed by atoms with van der Waals surface area (Å²) in [4.78, 5) is 15.2. The number of rotatable bonds is 3. The summed E-state index contributed by atoms with van der Waals surface area (Å²) in [5, 5.41) is 1.23. The average molecular weight is 348 g/mol. The van der Waals surface area contributed by atoms with Crippen LogP contribution in [0.2, 0.25) is 0 Å². The van der Waals surface area contributed by atoms with Crippen molar-refractivity contribution in [1.82, 2.24) is 19.9 Å². The fourth-order valence-electron chi connectivity index (χ4n) is 4.61. The Bertz CT molecular complexity index is 867. The fourth-order valence-corrected chi connectivity index (χ4v) is 4.61. The lowest BCUT2D eigenvalue weighted by atomic mass is 9.78. The molecular weight excluding hydrogens is 320 g/mol. The molecule has 0 spiro atoms. The van der Waals surface area contributed by atoms with Gasteiger partial charge in [-0.2, -0.15) is 0 Å². The summed E-state index contributed by atoms with van der Waals surface area (Å²) in [6.45, 7) is 3.86. The number of aromatic nitrogens is 3. The summed E-state index contributed by atoms with van der Waals surface area (Å²) in [7, 11) is 0. The molecule has 0 amide bonds. The van der Waals surface area contributed by atoms with Gasteiger partial charge in [-0.3, -0.25) is 0 Å². The molecule has 1 aromatic carbocycles. The number of hydrogen-bond donors (Lipinski definition) is 1. The summed E-state index contributed by atoms with van der Waals surface area (Å²) < 4.78 is 0. The van der Waals surface area contributed by atoms with Crippen molar-refractivity contribution in [1.29, 1.82) is 0 Å². The summed E-state index contributed by atoms with van der Waals surface area (Å²) in [6.07, 6.45) is 11.1. The monoisotopic (exact) mass is 348 g/mol. The molecule has 3 atom stereocenters. The molecule has 3 aromatic rings. The third kappa shape index (κ3) is 3.26. The lowest BCUT2D eigenvalue weighted by Crippen LogP contribution is -2.45. The van der Waals surface area contributed by atoms with Gasteiger partial charge in [0.05, 0.1) is 0 Å². The highest BCUT2D eigenvalue weighted by Gasteiger charge is 2.32. The number of nitrogens with zero attached hydrogens (tertiary/aromatic N) is 3. The summed E-state index contributed by atoms with van der Waals surface area (Å²) in [6, 6.07) is 8.55. The molecule has 4 heteroatoms. The Balaban J connectivity index is 0.00000168. The van der Waals surface area contributed by atoms with Crippen LogP contribution in [0.25, 0.3) is 22.0 Å². The lowest BCUT2D eigenvalue weighted by molar-refractivity contribution is 0.0731. The summed E-state index contributed by atoms with van der Waals surface area (Å²) in [5.41, 5.74) is 3.44. The van der Waals surface area contributed by atoms with E-state index in [-0.39, 0.29) is 7.43 Å². The zero-order chi connectivity index (χ0) is 16.6. The van der Waals surface area contributed by atoms with Gasteiger partial charge in [-0.15, -0.1) is 0 Å². The Kier molecular flexibility index (Phi) is 4.77. The van der Waals surface area contributed by atoms with Crippen LogP contribution in [0, 0.1) is 11.8 Å². The van der Waals surface area contributed by atoms with Gasteiger partial charge in [0.1, 0.15) is 5.82 Å². The number of aromatic amines is 1. The van der Waals surface area contributed by atoms with Gasteiger partial charge in [0.25, 0.3) is 0 Å². The number of H-pyrrole nitrogens is 1. The first kappa shape index (κ1) is 17.2. The van der Waals surface area contributed by atoms with Crippen LogP contribution in [-0.2, 0) is 6.42 Å². The highest BCUT2D eigenvalue weighted by atomic mass is 15.1. The van der Waals surface area contributed by atoms with Gasteiger partial charge < -0.3 is 9.88 Å². The molecule has 5 rings (SSSR count). The minimum Gasteiger partial charge on any atom is -0.361 e. The SMILES string of the molecule is C.c1cc2cc(-c3cnc(CC4CCN5CCCC4C5)nc3)ccc2[nH]1. The number of hydrogen-bond acceptors (Lipinski definition) is 3. The molecule has 4 nitrogen and oxygen atoms in total. The molecule has 3 unspecified atom stereocenters. The van der Waals surface area contributed by atoms with Crippen molar-refractivity contribution < 1.29 is 0 Å². The lowest BCUT2D eigenvalue weighted by Gasteiger charge is -2.42. The Morgan fingerprint density at radius 3 is 2.81 bits per heavy atom. The molecule has 2 aliphatic heterocycles. The minimum atomic E-state index is 0. The molecule has 0 saturated carbocycles. The third-order valence-corrected chi connectivity index (χ3v) is 6.06. The largest absolute Gasteiger partial charge is 0.361 e. The maximum atomic E-state index is 4.69. The molecule has 2 aliphatic rings. The Morgan fingerprint density at radius 2 is 1.92 bits per heavy atom. The first-order chi connectivity index (χ1) is 12.3. The van der Waals surface area contributed by atoms with Crippen LogP contribution >= 0.6 is 0 Å². The maximum absolute atomic E-state index is 4.69. The van der Waals surface area contributed by atoms with Crippen LogP contribution in [0.1, 0.15) is 32.5 Å².